The lowest BCUT2D eigenvalue weighted by molar-refractivity contribution is 0.204. The molecule has 0 aromatic heterocycles. The molecule has 1 aliphatic rings. The summed E-state index contributed by atoms with van der Waals surface area (Å²) < 4.78 is 38.9. The molecule has 0 aliphatic carbocycles. The molecule has 0 spiro atoms. The zero-order chi connectivity index (χ0) is 21.4. The van der Waals surface area contributed by atoms with E-state index in [0.717, 1.165) is 6.54 Å². The van der Waals surface area contributed by atoms with Gasteiger partial charge in [0.25, 0.3) is 0 Å². The van der Waals surface area contributed by atoms with Crippen LogP contribution in [-0.2, 0) is 10.0 Å². The topological polar surface area (TPSA) is 59.1 Å². The Morgan fingerprint density at radius 1 is 0.900 bits per heavy atom. The molecule has 1 saturated heterocycles. The Labute approximate surface area is 179 Å². The minimum atomic E-state index is -3.57. The molecule has 0 radical (unpaired) electrons. The van der Waals surface area contributed by atoms with E-state index in [1.807, 2.05) is 32.0 Å². The molecule has 0 unspecified atom stereocenters. The Bertz CT molecular complexity index is 937. The normalized spacial score (nSPS) is 16.1. The molecule has 0 atom stereocenters. The van der Waals surface area contributed by atoms with Crippen molar-refractivity contribution < 1.29 is 17.9 Å². The molecular formula is C23H30N2O4S. The predicted molar refractivity (Wildman–Crippen MR) is 119 cm³/mol. The SMILES string of the molecule is CCOc1ccc(S(=O)(=O)N2CCN(C/C=C/c3ccccc3)CC2)cc1OCC. The summed E-state index contributed by atoms with van der Waals surface area (Å²) in [6, 6.07) is 15.0. The summed E-state index contributed by atoms with van der Waals surface area (Å²) >= 11 is 0. The van der Waals surface area contributed by atoms with Crippen LogP contribution in [0, 0.1) is 0 Å². The van der Waals surface area contributed by atoms with Crippen molar-refractivity contribution in [3.05, 3.63) is 60.2 Å². The lowest BCUT2D eigenvalue weighted by Crippen LogP contribution is -2.48. The fourth-order valence-corrected chi connectivity index (χ4v) is 4.83. The van der Waals surface area contributed by atoms with Gasteiger partial charge in [-0.05, 0) is 31.5 Å². The van der Waals surface area contributed by atoms with Crippen LogP contribution in [0.2, 0.25) is 0 Å². The van der Waals surface area contributed by atoms with E-state index in [-0.39, 0.29) is 4.90 Å². The molecule has 3 rings (SSSR count). The molecule has 1 heterocycles. The molecule has 7 heteroatoms. The summed E-state index contributed by atoms with van der Waals surface area (Å²) in [7, 11) is -3.57. The molecule has 162 valence electrons. The van der Waals surface area contributed by atoms with Crippen LogP contribution >= 0.6 is 0 Å². The predicted octanol–water partition coefficient (Wildman–Crippen LogP) is 3.50. The largest absolute Gasteiger partial charge is 0.490 e. The molecule has 0 amide bonds. The van der Waals surface area contributed by atoms with Gasteiger partial charge in [-0.25, -0.2) is 8.42 Å². The molecular weight excluding hydrogens is 400 g/mol. The van der Waals surface area contributed by atoms with Gasteiger partial charge in [-0.1, -0.05) is 42.5 Å². The van der Waals surface area contributed by atoms with Gasteiger partial charge in [-0.3, -0.25) is 4.90 Å². The maximum atomic E-state index is 13.1. The van der Waals surface area contributed by atoms with Gasteiger partial charge in [-0.15, -0.1) is 0 Å². The van der Waals surface area contributed by atoms with Crippen LogP contribution in [0.3, 0.4) is 0 Å². The molecule has 2 aromatic rings. The zero-order valence-electron chi connectivity index (χ0n) is 17.7. The van der Waals surface area contributed by atoms with Crippen molar-refractivity contribution in [2.45, 2.75) is 18.7 Å². The third kappa shape index (κ3) is 5.62. The Morgan fingerprint density at radius 3 is 2.23 bits per heavy atom. The molecule has 1 aliphatic heterocycles. The Kier molecular flexibility index (Phi) is 7.90. The molecule has 2 aromatic carbocycles. The summed E-state index contributed by atoms with van der Waals surface area (Å²) in [5.41, 5.74) is 1.17. The third-order valence-electron chi connectivity index (χ3n) is 4.96. The van der Waals surface area contributed by atoms with Gasteiger partial charge in [0.15, 0.2) is 11.5 Å². The van der Waals surface area contributed by atoms with Crippen molar-refractivity contribution in [1.29, 1.82) is 0 Å². The summed E-state index contributed by atoms with van der Waals surface area (Å²) in [4.78, 5) is 2.50. The molecule has 0 N–H and O–H groups in total. The van der Waals surface area contributed by atoms with Crippen LogP contribution < -0.4 is 9.47 Å². The number of ether oxygens (including phenoxy) is 2. The molecule has 0 bridgehead atoms. The van der Waals surface area contributed by atoms with Crippen LogP contribution in [0.1, 0.15) is 19.4 Å². The van der Waals surface area contributed by atoms with Gasteiger partial charge < -0.3 is 9.47 Å². The van der Waals surface area contributed by atoms with Gasteiger partial charge in [0.2, 0.25) is 10.0 Å². The maximum absolute atomic E-state index is 13.1. The number of benzene rings is 2. The zero-order valence-corrected chi connectivity index (χ0v) is 18.5. The van der Waals surface area contributed by atoms with E-state index < -0.39 is 10.0 Å². The highest BCUT2D eigenvalue weighted by Crippen LogP contribution is 2.31. The van der Waals surface area contributed by atoms with Gasteiger partial charge in [0.05, 0.1) is 18.1 Å². The van der Waals surface area contributed by atoms with Crippen LogP contribution in [0.15, 0.2) is 59.5 Å². The van der Waals surface area contributed by atoms with Gasteiger partial charge in [0, 0.05) is 38.8 Å². The first-order valence-electron chi connectivity index (χ1n) is 10.4. The molecule has 1 fully saturated rings. The van der Waals surface area contributed by atoms with Gasteiger partial charge in [0.1, 0.15) is 0 Å². The van der Waals surface area contributed by atoms with E-state index >= 15 is 0 Å². The van der Waals surface area contributed by atoms with E-state index in [9.17, 15) is 8.42 Å². The van der Waals surface area contributed by atoms with Crippen molar-refractivity contribution >= 4 is 16.1 Å². The minimum absolute atomic E-state index is 0.242. The van der Waals surface area contributed by atoms with E-state index in [1.54, 1.807) is 22.5 Å². The molecule has 6 nitrogen and oxygen atoms in total. The monoisotopic (exact) mass is 430 g/mol. The standard InChI is InChI=1S/C23H30N2O4S/c1-3-28-22-13-12-21(19-23(22)29-4-2)30(26,27)25-17-15-24(16-18-25)14-8-11-20-9-6-5-7-10-20/h5-13,19H,3-4,14-18H2,1-2H3/b11-8+. The van der Waals surface area contributed by atoms with Crippen molar-refractivity contribution in [3.8, 4) is 11.5 Å². The van der Waals surface area contributed by atoms with Crippen LogP contribution in [0.4, 0.5) is 0 Å². The van der Waals surface area contributed by atoms with Crippen molar-refractivity contribution in [1.82, 2.24) is 9.21 Å². The molecule has 0 saturated carbocycles. The number of nitrogens with zero attached hydrogens (tertiary/aromatic N) is 2. The highest BCUT2D eigenvalue weighted by molar-refractivity contribution is 7.89. The van der Waals surface area contributed by atoms with Crippen molar-refractivity contribution in [3.63, 3.8) is 0 Å². The van der Waals surface area contributed by atoms with Gasteiger partial charge in [-0.2, -0.15) is 4.31 Å². The van der Waals surface area contributed by atoms with Crippen molar-refractivity contribution in [2.24, 2.45) is 0 Å². The van der Waals surface area contributed by atoms with E-state index in [0.29, 0.717) is 50.9 Å². The number of rotatable bonds is 9. The first-order valence-corrected chi connectivity index (χ1v) is 11.8. The summed E-state index contributed by atoms with van der Waals surface area (Å²) in [5, 5.41) is 0. The first kappa shape index (κ1) is 22.3. The lowest BCUT2D eigenvalue weighted by atomic mass is 10.2. The fraction of sp³-hybridized carbons (Fsp3) is 0.391. The van der Waals surface area contributed by atoms with Gasteiger partial charge >= 0.3 is 0 Å². The summed E-state index contributed by atoms with van der Waals surface area (Å²) in [6.07, 6.45) is 4.22. The number of sulfonamides is 1. The fourth-order valence-electron chi connectivity index (χ4n) is 3.40. The summed E-state index contributed by atoms with van der Waals surface area (Å²) in [6.45, 7) is 7.84. The van der Waals surface area contributed by atoms with Crippen LogP contribution in [0.25, 0.3) is 6.08 Å². The highest BCUT2D eigenvalue weighted by atomic mass is 32.2. The smallest absolute Gasteiger partial charge is 0.243 e. The first-order chi connectivity index (χ1) is 14.5. The quantitative estimate of drug-likeness (QED) is 0.609. The number of piperazine rings is 1. The Morgan fingerprint density at radius 2 is 1.57 bits per heavy atom. The summed E-state index contributed by atoms with van der Waals surface area (Å²) in [5.74, 6) is 1.03. The Balaban J connectivity index is 1.61. The average molecular weight is 431 g/mol. The second kappa shape index (κ2) is 10.6. The minimum Gasteiger partial charge on any atom is -0.490 e. The Hall–Kier alpha value is -2.35. The highest BCUT2D eigenvalue weighted by Gasteiger charge is 2.29. The third-order valence-corrected chi connectivity index (χ3v) is 6.85. The lowest BCUT2D eigenvalue weighted by Gasteiger charge is -2.33. The van der Waals surface area contributed by atoms with Crippen molar-refractivity contribution in [2.75, 3.05) is 45.9 Å². The van der Waals surface area contributed by atoms with E-state index in [2.05, 4.69) is 29.2 Å². The number of hydrogen-bond donors (Lipinski definition) is 0. The van der Waals surface area contributed by atoms with Crippen LogP contribution in [0.5, 0.6) is 11.5 Å². The maximum Gasteiger partial charge on any atom is 0.243 e. The van der Waals surface area contributed by atoms with Crippen LogP contribution in [-0.4, -0.2) is 63.6 Å². The second-order valence-corrected chi connectivity index (χ2v) is 8.93. The number of hydrogen-bond acceptors (Lipinski definition) is 5. The van der Waals surface area contributed by atoms with E-state index in [4.69, 9.17) is 9.47 Å². The second-order valence-electron chi connectivity index (χ2n) is 6.99. The van der Waals surface area contributed by atoms with E-state index in [1.165, 1.54) is 5.56 Å². The molecule has 30 heavy (non-hydrogen) atoms. The average Bonchev–Trinajstić information content (AvgIpc) is 2.76.